The van der Waals surface area contributed by atoms with Crippen molar-refractivity contribution >= 4 is 0 Å². The molecule has 2 heterocycles. The highest BCUT2D eigenvalue weighted by molar-refractivity contribution is 5.30. The largest absolute Gasteiger partial charge is 0.497 e. The molecule has 2 aromatic rings. The molecular formula is C19H28N4O. The molecule has 5 nitrogen and oxygen atoms in total. The Hall–Kier alpha value is -1.85. The van der Waals surface area contributed by atoms with Crippen molar-refractivity contribution in [2.24, 2.45) is 7.05 Å². The van der Waals surface area contributed by atoms with Crippen molar-refractivity contribution in [2.75, 3.05) is 39.8 Å². The number of benzene rings is 1. The van der Waals surface area contributed by atoms with E-state index in [9.17, 15) is 0 Å². The minimum Gasteiger partial charge on any atom is -0.497 e. The van der Waals surface area contributed by atoms with Crippen LogP contribution in [0, 0.1) is 0 Å². The first-order chi connectivity index (χ1) is 11.7. The second-order valence-electron chi connectivity index (χ2n) is 6.53. The predicted octanol–water partition coefficient (Wildman–Crippen LogP) is 2.35. The van der Waals surface area contributed by atoms with Crippen LogP contribution in [-0.2, 0) is 13.5 Å². The Morgan fingerprint density at radius 1 is 1.17 bits per heavy atom. The number of hydrogen-bond acceptors (Lipinski definition) is 4. The summed E-state index contributed by atoms with van der Waals surface area (Å²) in [6.45, 7) is 7.90. The van der Waals surface area contributed by atoms with Gasteiger partial charge in [-0.1, -0.05) is 12.1 Å². The van der Waals surface area contributed by atoms with E-state index in [1.54, 1.807) is 7.11 Å². The quantitative estimate of drug-likeness (QED) is 0.815. The van der Waals surface area contributed by atoms with Crippen LogP contribution in [0.5, 0.6) is 5.75 Å². The van der Waals surface area contributed by atoms with Crippen molar-refractivity contribution < 1.29 is 4.74 Å². The molecule has 0 aliphatic carbocycles. The molecule has 24 heavy (non-hydrogen) atoms. The molecule has 0 radical (unpaired) electrons. The Kier molecular flexibility index (Phi) is 5.53. The smallest absolute Gasteiger partial charge is 0.119 e. The maximum atomic E-state index is 5.35. The summed E-state index contributed by atoms with van der Waals surface area (Å²) in [7, 11) is 3.74. The Morgan fingerprint density at radius 2 is 1.96 bits per heavy atom. The first-order valence-electron chi connectivity index (χ1n) is 8.74. The Bertz CT molecular complexity index is 646. The van der Waals surface area contributed by atoms with Gasteiger partial charge in [0.15, 0.2) is 0 Å². The zero-order chi connectivity index (χ0) is 16.9. The summed E-state index contributed by atoms with van der Waals surface area (Å²) in [5, 5.41) is 4.24. The molecule has 3 rings (SSSR count). The predicted molar refractivity (Wildman–Crippen MR) is 96.3 cm³/mol. The van der Waals surface area contributed by atoms with Crippen LogP contribution in [0.25, 0.3) is 0 Å². The van der Waals surface area contributed by atoms with E-state index in [1.807, 2.05) is 24.0 Å². The van der Waals surface area contributed by atoms with Crippen molar-refractivity contribution in [3.8, 4) is 5.75 Å². The van der Waals surface area contributed by atoms with Gasteiger partial charge >= 0.3 is 0 Å². The SMILES string of the molecule is COc1cccc(C(C)N2CCN(CCc3ccnn3C)CC2)c1. The summed E-state index contributed by atoms with van der Waals surface area (Å²) in [6, 6.07) is 11.0. The van der Waals surface area contributed by atoms with Gasteiger partial charge in [-0.3, -0.25) is 9.58 Å². The number of rotatable bonds is 6. The van der Waals surface area contributed by atoms with Gasteiger partial charge in [0.1, 0.15) is 5.75 Å². The number of hydrogen-bond donors (Lipinski definition) is 0. The minimum absolute atomic E-state index is 0.430. The first kappa shape index (κ1) is 17.0. The van der Waals surface area contributed by atoms with Crippen LogP contribution in [0.3, 0.4) is 0 Å². The third-order valence-electron chi connectivity index (χ3n) is 5.14. The van der Waals surface area contributed by atoms with E-state index in [0.717, 1.165) is 44.9 Å². The summed E-state index contributed by atoms with van der Waals surface area (Å²) in [4.78, 5) is 5.12. The van der Waals surface area contributed by atoms with Crippen LogP contribution in [-0.4, -0.2) is 59.4 Å². The molecule has 0 spiro atoms. The number of methoxy groups -OCH3 is 1. The van der Waals surface area contributed by atoms with E-state index in [-0.39, 0.29) is 0 Å². The summed E-state index contributed by atoms with van der Waals surface area (Å²) < 4.78 is 7.33. The van der Waals surface area contributed by atoms with Gasteiger partial charge in [0.2, 0.25) is 0 Å². The van der Waals surface area contributed by atoms with Crippen molar-refractivity contribution in [3.05, 3.63) is 47.8 Å². The van der Waals surface area contributed by atoms with Gasteiger partial charge in [0, 0.05) is 64.1 Å². The van der Waals surface area contributed by atoms with E-state index in [2.05, 4.69) is 46.1 Å². The number of aromatic nitrogens is 2. The molecule has 1 aromatic carbocycles. The second kappa shape index (κ2) is 7.81. The van der Waals surface area contributed by atoms with Crippen molar-refractivity contribution in [1.82, 2.24) is 19.6 Å². The zero-order valence-electron chi connectivity index (χ0n) is 15.0. The van der Waals surface area contributed by atoms with E-state index in [0.29, 0.717) is 6.04 Å². The average Bonchev–Trinajstić information content (AvgIpc) is 3.05. The number of aryl methyl sites for hydroxylation is 1. The van der Waals surface area contributed by atoms with E-state index in [4.69, 9.17) is 4.74 Å². The van der Waals surface area contributed by atoms with Crippen LogP contribution >= 0.6 is 0 Å². The van der Waals surface area contributed by atoms with Crippen LogP contribution in [0.15, 0.2) is 36.5 Å². The van der Waals surface area contributed by atoms with Crippen LogP contribution in [0.4, 0.5) is 0 Å². The average molecular weight is 328 g/mol. The van der Waals surface area contributed by atoms with Gasteiger partial charge in [-0.05, 0) is 30.7 Å². The number of ether oxygens (including phenoxy) is 1. The molecule has 1 aromatic heterocycles. The third-order valence-corrected chi connectivity index (χ3v) is 5.14. The highest BCUT2D eigenvalue weighted by Gasteiger charge is 2.22. The molecule has 1 unspecified atom stereocenters. The minimum atomic E-state index is 0.430. The number of piperazine rings is 1. The van der Waals surface area contributed by atoms with Gasteiger partial charge in [0.05, 0.1) is 7.11 Å². The zero-order valence-corrected chi connectivity index (χ0v) is 15.0. The Morgan fingerprint density at radius 3 is 2.62 bits per heavy atom. The topological polar surface area (TPSA) is 33.5 Å². The van der Waals surface area contributed by atoms with Crippen LogP contribution in [0.1, 0.15) is 24.2 Å². The maximum Gasteiger partial charge on any atom is 0.119 e. The van der Waals surface area contributed by atoms with E-state index in [1.165, 1.54) is 11.3 Å². The summed E-state index contributed by atoms with van der Waals surface area (Å²) in [6.07, 6.45) is 2.95. The molecule has 5 heteroatoms. The lowest BCUT2D eigenvalue weighted by Gasteiger charge is -2.38. The van der Waals surface area contributed by atoms with Gasteiger partial charge in [0.25, 0.3) is 0 Å². The van der Waals surface area contributed by atoms with Gasteiger partial charge in [-0.25, -0.2) is 0 Å². The standard InChI is InChI=1S/C19H28N4O/c1-16(17-5-4-6-19(15-17)24-3)23-13-11-22(12-14-23)10-8-18-7-9-20-21(18)2/h4-7,9,15-16H,8,10-14H2,1-3H3. The lowest BCUT2D eigenvalue weighted by molar-refractivity contribution is 0.103. The van der Waals surface area contributed by atoms with E-state index < -0.39 is 0 Å². The van der Waals surface area contributed by atoms with Crippen molar-refractivity contribution in [2.45, 2.75) is 19.4 Å². The molecule has 1 atom stereocenters. The lowest BCUT2D eigenvalue weighted by Crippen LogP contribution is -2.47. The summed E-state index contributed by atoms with van der Waals surface area (Å²) >= 11 is 0. The van der Waals surface area contributed by atoms with Crippen molar-refractivity contribution in [3.63, 3.8) is 0 Å². The number of nitrogens with zero attached hydrogens (tertiary/aromatic N) is 4. The van der Waals surface area contributed by atoms with E-state index >= 15 is 0 Å². The molecule has 0 saturated carbocycles. The Labute approximate surface area is 144 Å². The fraction of sp³-hybridized carbons (Fsp3) is 0.526. The normalized spacial score (nSPS) is 17.8. The highest BCUT2D eigenvalue weighted by Crippen LogP contribution is 2.24. The molecule has 130 valence electrons. The highest BCUT2D eigenvalue weighted by atomic mass is 16.5. The molecular weight excluding hydrogens is 300 g/mol. The molecule has 1 aliphatic heterocycles. The van der Waals surface area contributed by atoms with Crippen LogP contribution in [0.2, 0.25) is 0 Å². The molecule has 1 fully saturated rings. The van der Waals surface area contributed by atoms with Crippen LogP contribution < -0.4 is 4.74 Å². The fourth-order valence-electron chi connectivity index (χ4n) is 3.41. The van der Waals surface area contributed by atoms with Crippen molar-refractivity contribution in [1.29, 1.82) is 0 Å². The molecule has 0 bridgehead atoms. The second-order valence-corrected chi connectivity index (χ2v) is 6.53. The molecule has 0 N–H and O–H groups in total. The summed E-state index contributed by atoms with van der Waals surface area (Å²) in [5.74, 6) is 0.939. The molecule has 0 amide bonds. The van der Waals surface area contributed by atoms with Gasteiger partial charge in [-0.15, -0.1) is 0 Å². The maximum absolute atomic E-state index is 5.35. The monoisotopic (exact) mass is 328 g/mol. The third kappa shape index (κ3) is 3.97. The van der Waals surface area contributed by atoms with Gasteiger partial charge < -0.3 is 9.64 Å². The molecule has 1 saturated heterocycles. The lowest BCUT2D eigenvalue weighted by atomic mass is 10.1. The first-order valence-corrected chi connectivity index (χ1v) is 8.74. The fourth-order valence-corrected chi connectivity index (χ4v) is 3.41. The molecule has 1 aliphatic rings. The van der Waals surface area contributed by atoms with Gasteiger partial charge in [-0.2, -0.15) is 5.10 Å². The summed E-state index contributed by atoms with van der Waals surface area (Å²) in [5.41, 5.74) is 2.64. The Balaban J connectivity index is 1.50.